The van der Waals surface area contributed by atoms with Crippen molar-refractivity contribution in [1.29, 1.82) is 0 Å². The topological polar surface area (TPSA) is 93.8 Å². The minimum atomic E-state index is -0.834. The van der Waals surface area contributed by atoms with Crippen molar-refractivity contribution >= 4 is 5.91 Å². The van der Waals surface area contributed by atoms with Gasteiger partial charge in [-0.3, -0.25) is 4.79 Å². The molecule has 0 radical (unpaired) electrons. The van der Waals surface area contributed by atoms with Gasteiger partial charge in [0, 0.05) is 13.7 Å². The second-order valence-electron chi connectivity index (χ2n) is 4.62. The Morgan fingerprint density at radius 1 is 1.47 bits per heavy atom. The van der Waals surface area contributed by atoms with E-state index in [-0.39, 0.29) is 19.3 Å². The largest absolute Gasteiger partial charge is 0.389 e. The maximum Gasteiger partial charge on any atom is 0.237 e. The van der Waals surface area contributed by atoms with E-state index in [0.717, 1.165) is 0 Å². The summed E-state index contributed by atoms with van der Waals surface area (Å²) >= 11 is 0. The first-order valence-electron chi connectivity index (χ1n) is 5.63. The number of β-amino-alcohol motifs (C(OH)–C–C–N with tert-alkyl or cyclic N) is 1. The fraction of sp³-hybridized carbons (Fsp3) is 0.909. The highest BCUT2D eigenvalue weighted by Gasteiger charge is 2.24. The SMILES string of the molecule is COCC(C)OCC(O)CNC(C)(C)C(N)=O. The first-order chi connectivity index (χ1) is 7.79. The van der Waals surface area contributed by atoms with Crippen LogP contribution >= 0.6 is 0 Å². The molecule has 17 heavy (non-hydrogen) atoms. The zero-order chi connectivity index (χ0) is 13.5. The number of hydrogen-bond donors (Lipinski definition) is 3. The van der Waals surface area contributed by atoms with Crippen molar-refractivity contribution in [2.24, 2.45) is 5.73 Å². The molecule has 1 amide bonds. The van der Waals surface area contributed by atoms with E-state index in [0.29, 0.717) is 6.61 Å². The molecule has 0 fully saturated rings. The summed E-state index contributed by atoms with van der Waals surface area (Å²) in [5.74, 6) is -0.460. The molecule has 0 aliphatic carbocycles. The lowest BCUT2D eigenvalue weighted by Gasteiger charge is -2.24. The Kier molecular flexibility index (Phi) is 7.29. The molecular weight excluding hydrogens is 224 g/mol. The fourth-order valence-corrected chi connectivity index (χ4v) is 1.08. The smallest absolute Gasteiger partial charge is 0.237 e. The molecule has 0 aliphatic rings. The van der Waals surface area contributed by atoms with Crippen LogP contribution < -0.4 is 11.1 Å². The van der Waals surface area contributed by atoms with Crippen LogP contribution in [0.15, 0.2) is 0 Å². The Labute approximate surface area is 102 Å². The molecule has 102 valence electrons. The molecule has 0 aliphatic heterocycles. The molecule has 0 saturated carbocycles. The van der Waals surface area contributed by atoms with E-state index in [1.165, 1.54) is 0 Å². The van der Waals surface area contributed by atoms with E-state index >= 15 is 0 Å². The number of aliphatic hydroxyl groups excluding tert-OH is 1. The standard InChI is InChI=1S/C11H24N2O4/c1-8(6-16-4)17-7-9(14)5-13-11(2,3)10(12)15/h8-9,13-14H,5-7H2,1-4H3,(H2,12,15). The number of nitrogens with two attached hydrogens (primary N) is 1. The van der Waals surface area contributed by atoms with Gasteiger partial charge in [-0.2, -0.15) is 0 Å². The second-order valence-corrected chi connectivity index (χ2v) is 4.62. The van der Waals surface area contributed by atoms with Gasteiger partial charge >= 0.3 is 0 Å². The van der Waals surface area contributed by atoms with E-state index < -0.39 is 17.6 Å². The average Bonchev–Trinajstić information content (AvgIpc) is 2.24. The monoisotopic (exact) mass is 248 g/mol. The van der Waals surface area contributed by atoms with Gasteiger partial charge in [0.2, 0.25) is 5.91 Å². The van der Waals surface area contributed by atoms with Gasteiger partial charge in [-0.05, 0) is 20.8 Å². The Morgan fingerprint density at radius 3 is 2.53 bits per heavy atom. The van der Waals surface area contributed by atoms with Gasteiger partial charge in [-0.25, -0.2) is 0 Å². The number of hydrogen-bond acceptors (Lipinski definition) is 5. The van der Waals surface area contributed by atoms with E-state index in [4.69, 9.17) is 15.2 Å². The summed E-state index contributed by atoms with van der Waals surface area (Å²) in [6.07, 6.45) is -0.758. The summed E-state index contributed by atoms with van der Waals surface area (Å²) in [5, 5.41) is 12.5. The van der Waals surface area contributed by atoms with Crippen molar-refractivity contribution in [2.75, 3.05) is 26.9 Å². The number of nitrogens with one attached hydrogen (secondary N) is 1. The van der Waals surface area contributed by atoms with E-state index in [9.17, 15) is 9.90 Å². The third-order valence-electron chi connectivity index (χ3n) is 2.37. The number of aliphatic hydroxyl groups is 1. The number of primary amides is 1. The number of methoxy groups -OCH3 is 1. The van der Waals surface area contributed by atoms with Crippen molar-refractivity contribution < 1.29 is 19.4 Å². The van der Waals surface area contributed by atoms with Crippen molar-refractivity contribution in [3.05, 3.63) is 0 Å². The Morgan fingerprint density at radius 2 is 2.06 bits per heavy atom. The zero-order valence-corrected chi connectivity index (χ0v) is 11.0. The number of carbonyl (C=O) groups is 1. The molecule has 2 unspecified atom stereocenters. The molecule has 0 aromatic rings. The highest BCUT2D eigenvalue weighted by molar-refractivity contribution is 5.83. The molecule has 6 nitrogen and oxygen atoms in total. The van der Waals surface area contributed by atoms with Gasteiger partial charge in [0.15, 0.2) is 0 Å². The molecule has 0 saturated heterocycles. The van der Waals surface area contributed by atoms with Crippen LogP contribution in [-0.4, -0.2) is 55.6 Å². The maximum absolute atomic E-state index is 11.0. The first-order valence-corrected chi connectivity index (χ1v) is 5.63. The Hall–Kier alpha value is -0.690. The number of ether oxygens (including phenoxy) is 2. The van der Waals surface area contributed by atoms with E-state index in [2.05, 4.69) is 5.32 Å². The molecule has 0 aromatic carbocycles. The normalized spacial score (nSPS) is 15.6. The molecule has 0 aromatic heterocycles. The van der Waals surface area contributed by atoms with Crippen LogP contribution in [-0.2, 0) is 14.3 Å². The minimum absolute atomic E-state index is 0.0706. The molecule has 4 N–H and O–H groups in total. The number of rotatable bonds is 9. The summed E-state index contributed by atoms with van der Waals surface area (Å²) < 4.78 is 10.2. The summed E-state index contributed by atoms with van der Waals surface area (Å²) in [7, 11) is 1.59. The lowest BCUT2D eigenvalue weighted by Crippen LogP contribution is -2.53. The summed E-state index contributed by atoms with van der Waals surface area (Å²) in [6, 6.07) is 0. The molecule has 2 atom stereocenters. The average molecular weight is 248 g/mol. The van der Waals surface area contributed by atoms with Gasteiger partial charge in [-0.15, -0.1) is 0 Å². The fourth-order valence-electron chi connectivity index (χ4n) is 1.08. The van der Waals surface area contributed by atoms with Crippen molar-refractivity contribution in [2.45, 2.75) is 38.5 Å². The van der Waals surface area contributed by atoms with Crippen LogP contribution in [0.3, 0.4) is 0 Å². The highest BCUT2D eigenvalue weighted by atomic mass is 16.5. The summed E-state index contributed by atoms with van der Waals surface area (Å²) in [5.41, 5.74) is 4.35. The van der Waals surface area contributed by atoms with Crippen molar-refractivity contribution in [1.82, 2.24) is 5.32 Å². The predicted molar refractivity (Wildman–Crippen MR) is 64.6 cm³/mol. The lowest BCUT2D eigenvalue weighted by molar-refractivity contribution is -0.123. The van der Waals surface area contributed by atoms with Crippen LogP contribution in [0.25, 0.3) is 0 Å². The van der Waals surface area contributed by atoms with Gasteiger partial charge in [0.25, 0.3) is 0 Å². The lowest BCUT2D eigenvalue weighted by atomic mass is 10.1. The van der Waals surface area contributed by atoms with Gasteiger partial charge < -0.3 is 25.6 Å². The second kappa shape index (κ2) is 7.60. The van der Waals surface area contributed by atoms with E-state index in [1.807, 2.05) is 6.92 Å². The van der Waals surface area contributed by atoms with Crippen molar-refractivity contribution in [3.63, 3.8) is 0 Å². The highest BCUT2D eigenvalue weighted by Crippen LogP contribution is 2.01. The van der Waals surface area contributed by atoms with Gasteiger partial charge in [0.1, 0.15) is 0 Å². The third kappa shape index (κ3) is 7.27. The maximum atomic E-state index is 11.0. The first kappa shape index (κ1) is 16.3. The van der Waals surface area contributed by atoms with Gasteiger partial charge in [-0.1, -0.05) is 0 Å². The van der Waals surface area contributed by atoms with E-state index in [1.54, 1.807) is 21.0 Å². The Balaban J connectivity index is 3.80. The van der Waals surface area contributed by atoms with Crippen LogP contribution in [0.2, 0.25) is 0 Å². The minimum Gasteiger partial charge on any atom is -0.389 e. The van der Waals surface area contributed by atoms with Gasteiger partial charge in [0.05, 0.1) is 31.0 Å². The molecule has 0 rings (SSSR count). The molecule has 6 heteroatoms. The van der Waals surface area contributed by atoms with Crippen LogP contribution in [0.5, 0.6) is 0 Å². The predicted octanol–water partition coefficient (Wildman–Crippen LogP) is -0.748. The molecule has 0 bridgehead atoms. The van der Waals surface area contributed by atoms with Crippen LogP contribution in [0.4, 0.5) is 0 Å². The number of carbonyl (C=O) groups excluding carboxylic acids is 1. The summed E-state index contributed by atoms with van der Waals surface area (Å²) in [6.45, 7) is 6.10. The van der Waals surface area contributed by atoms with Crippen molar-refractivity contribution in [3.8, 4) is 0 Å². The van der Waals surface area contributed by atoms with Crippen LogP contribution in [0.1, 0.15) is 20.8 Å². The van der Waals surface area contributed by atoms with Crippen LogP contribution in [0, 0.1) is 0 Å². The summed E-state index contributed by atoms with van der Waals surface area (Å²) in [4.78, 5) is 11.0. The third-order valence-corrected chi connectivity index (χ3v) is 2.37. The molecule has 0 heterocycles. The number of amides is 1. The molecular formula is C11H24N2O4. The Bertz CT molecular complexity index is 234. The zero-order valence-electron chi connectivity index (χ0n) is 11.0. The molecule has 0 spiro atoms. The quantitative estimate of drug-likeness (QED) is 0.499.